The molecule has 0 aliphatic carbocycles. The number of carbonyl (C=O) groups excluding carboxylic acids is 1. The molecule has 4 heterocycles. The van der Waals surface area contributed by atoms with Crippen LogP contribution >= 0.6 is 0 Å². The van der Waals surface area contributed by atoms with Crippen LogP contribution < -0.4 is 0 Å². The summed E-state index contributed by atoms with van der Waals surface area (Å²) in [4.78, 5) is 14.8. The fourth-order valence-electron chi connectivity index (χ4n) is 3.79. The van der Waals surface area contributed by atoms with E-state index < -0.39 is 0 Å². The third-order valence-electron chi connectivity index (χ3n) is 5.02. The second kappa shape index (κ2) is 6.77. The number of hydrogen-bond donors (Lipinski definition) is 0. The van der Waals surface area contributed by atoms with Crippen LogP contribution in [0.3, 0.4) is 0 Å². The second-order valence-corrected chi connectivity index (χ2v) is 7.03. The molecule has 8 nitrogen and oxygen atoms in total. The van der Waals surface area contributed by atoms with Crippen molar-refractivity contribution in [1.82, 2.24) is 29.3 Å². The number of nitrogens with zero attached hydrogens (tertiary/aromatic N) is 6. The number of rotatable bonds is 4. The number of ether oxygens (including phenoxy) is 1. The Hall–Kier alpha value is -2.74. The van der Waals surface area contributed by atoms with Crippen LogP contribution in [0.25, 0.3) is 5.65 Å². The molecule has 0 bridgehead atoms. The van der Waals surface area contributed by atoms with Gasteiger partial charge in [0.1, 0.15) is 0 Å². The molecule has 8 heteroatoms. The lowest BCUT2D eigenvalue weighted by molar-refractivity contribution is -0.00951. The zero-order valence-electron chi connectivity index (χ0n) is 16.1. The van der Waals surface area contributed by atoms with Gasteiger partial charge in [0, 0.05) is 31.8 Å². The maximum atomic E-state index is 13.2. The first-order valence-electron chi connectivity index (χ1n) is 9.28. The maximum Gasteiger partial charge on any atom is 0.274 e. The predicted molar refractivity (Wildman–Crippen MR) is 99.4 cm³/mol. The van der Waals surface area contributed by atoms with Gasteiger partial charge < -0.3 is 9.64 Å². The molecule has 0 fully saturated rings. The van der Waals surface area contributed by atoms with Crippen molar-refractivity contribution in [3.8, 4) is 0 Å². The van der Waals surface area contributed by atoms with E-state index in [1.165, 1.54) is 0 Å². The summed E-state index contributed by atoms with van der Waals surface area (Å²) in [5.74, 6) is 0.614. The summed E-state index contributed by atoms with van der Waals surface area (Å²) in [5, 5.41) is 13.0. The normalized spacial score (nSPS) is 19.3. The number of aromatic nitrogens is 5. The SMILES string of the molecule is CCn1nc(C(=O)N(C)Cc2nnc3ccccn23)c2c1[C@H](C)O[C@H](C)C2. The van der Waals surface area contributed by atoms with E-state index in [-0.39, 0.29) is 18.1 Å². The summed E-state index contributed by atoms with van der Waals surface area (Å²) in [6.07, 6.45) is 2.60. The summed E-state index contributed by atoms with van der Waals surface area (Å²) in [6.45, 7) is 7.14. The zero-order valence-corrected chi connectivity index (χ0v) is 16.1. The lowest BCUT2D eigenvalue weighted by Gasteiger charge is -2.27. The van der Waals surface area contributed by atoms with E-state index in [4.69, 9.17) is 4.74 Å². The Balaban J connectivity index is 1.64. The molecule has 2 atom stereocenters. The molecule has 3 aromatic heterocycles. The van der Waals surface area contributed by atoms with E-state index in [1.54, 1.807) is 11.9 Å². The fraction of sp³-hybridized carbons (Fsp3) is 0.474. The molecule has 1 aliphatic heterocycles. The van der Waals surface area contributed by atoms with Crippen molar-refractivity contribution >= 4 is 11.6 Å². The highest BCUT2D eigenvalue weighted by molar-refractivity contribution is 5.94. The Morgan fingerprint density at radius 1 is 1.33 bits per heavy atom. The van der Waals surface area contributed by atoms with Crippen molar-refractivity contribution in [3.63, 3.8) is 0 Å². The summed E-state index contributed by atoms with van der Waals surface area (Å²) < 4.78 is 9.71. The van der Waals surface area contributed by atoms with E-state index in [2.05, 4.69) is 15.3 Å². The van der Waals surface area contributed by atoms with E-state index >= 15 is 0 Å². The van der Waals surface area contributed by atoms with Crippen molar-refractivity contribution in [2.45, 2.75) is 52.5 Å². The maximum absolute atomic E-state index is 13.2. The number of fused-ring (bicyclic) bond motifs is 2. The van der Waals surface area contributed by atoms with Gasteiger partial charge in [-0.1, -0.05) is 6.07 Å². The van der Waals surface area contributed by atoms with Crippen LogP contribution in [0.5, 0.6) is 0 Å². The molecule has 0 saturated heterocycles. The quantitative estimate of drug-likeness (QED) is 0.706. The summed E-state index contributed by atoms with van der Waals surface area (Å²) in [7, 11) is 1.77. The molecular formula is C19H24N6O2. The Labute approximate surface area is 157 Å². The van der Waals surface area contributed by atoms with Crippen LogP contribution in [0.4, 0.5) is 0 Å². The molecular weight excluding hydrogens is 344 g/mol. The van der Waals surface area contributed by atoms with E-state index in [0.29, 0.717) is 25.2 Å². The van der Waals surface area contributed by atoms with Gasteiger partial charge in [0.2, 0.25) is 0 Å². The number of amides is 1. The third-order valence-corrected chi connectivity index (χ3v) is 5.02. The molecule has 27 heavy (non-hydrogen) atoms. The van der Waals surface area contributed by atoms with Crippen molar-refractivity contribution in [3.05, 3.63) is 47.2 Å². The molecule has 3 aromatic rings. The van der Waals surface area contributed by atoms with Gasteiger partial charge >= 0.3 is 0 Å². The van der Waals surface area contributed by atoms with E-state index in [1.807, 2.05) is 54.2 Å². The highest BCUT2D eigenvalue weighted by Crippen LogP contribution is 2.32. The van der Waals surface area contributed by atoms with Crippen LogP contribution in [0.2, 0.25) is 0 Å². The van der Waals surface area contributed by atoms with Crippen LogP contribution in [0.15, 0.2) is 24.4 Å². The average molecular weight is 368 g/mol. The third kappa shape index (κ3) is 2.99. The van der Waals surface area contributed by atoms with Crippen LogP contribution in [-0.2, 0) is 24.2 Å². The highest BCUT2D eigenvalue weighted by Gasteiger charge is 2.33. The molecule has 0 radical (unpaired) electrons. The van der Waals surface area contributed by atoms with Gasteiger partial charge in [-0.15, -0.1) is 10.2 Å². The standard InChI is InChI=1S/C19H24N6O2/c1-5-25-18-13(3)27-12(2)10-14(18)17(22-25)19(26)23(4)11-16-21-20-15-8-6-7-9-24(15)16/h6-9,12-13H,5,10-11H2,1-4H3/t12-,13+/m1/s1. The molecule has 142 valence electrons. The minimum atomic E-state index is -0.104. The van der Waals surface area contributed by atoms with E-state index in [0.717, 1.165) is 22.7 Å². The number of hydrogen-bond acceptors (Lipinski definition) is 5. The lowest BCUT2D eigenvalue weighted by atomic mass is 9.99. The predicted octanol–water partition coefficient (Wildman–Crippen LogP) is 2.24. The summed E-state index contributed by atoms with van der Waals surface area (Å²) >= 11 is 0. The van der Waals surface area contributed by atoms with Gasteiger partial charge in [-0.05, 0) is 32.9 Å². The Morgan fingerprint density at radius 2 is 2.15 bits per heavy atom. The average Bonchev–Trinajstić information content (AvgIpc) is 3.22. The summed E-state index contributed by atoms with van der Waals surface area (Å²) in [6, 6.07) is 5.72. The molecule has 0 spiro atoms. The minimum absolute atomic E-state index is 0.0662. The molecule has 0 aromatic carbocycles. The monoisotopic (exact) mass is 368 g/mol. The first kappa shape index (κ1) is 17.7. The van der Waals surface area contributed by atoms with Gasteiger partial charge in [-0.2, -0.15) is 5.10 Å². The smallest absolute Gasteiger partial charge is 0.274 e. The van der Waals surface area contributed by atoms with Gasteiger partial charge in [0.15, 0.2) is 17.2 Å². The van der Waals surface area contributed by atoms with Crippen molar-refractivity contribution in [2.75, 3.05) is 7.05 Å². The molecule has 1 amide bonds. The molecule has 0 saturated carbocycles. The van der Waals surface area contributed by atoms with Crippen LogP contribution in [0.1, 0.15) is 54.4 Å². The Morgan fingerprint density at radius 3 is 2.93 bits per heavy atom. The molecule has 1 aliphatic rings. The molecule has 4 rings (SSSR count). The first-order valence-corrected chi connectivity index (χ1v) is 9.28. The minimum Gasteiger partial charge on any atom is -0.369 e. The Kier molecular flexibility index (Phi) is 4.43. The fourth-order valence-corrected chi connectivity index (χ4v) is 3.79. The Bertz CT molecular complexity index is 991. The summed E-state index contributed by atoms with van der Waals surface area (Å²) in [5.41, 5.74) is 3.30. The van der Waals surface area contributed by atoms with Gasteiger partial charge in [0.05, 0.1) is 24.4 Å². The van der Waals surface area contributed by atoms with Crippen LogP contribution in [-0.4, -0.2) is 48.3 Å². The van der Waals surface area contributed by atoms with Gasteiger partial charge in [-0.3, -0.25) is 13.9 Å². The molecule has 0 unspecified atom stereocenters. The van der Waals surface area contributed by atoms with Gasteiger partial charge in [-0.25, -0.2) is 0 Å². The number of pyridine rings is 1. The highest BCUT2D eigenvalue weighted by atomic mass is 16.5. The topological polar surface area (TPSA) is 77.6 Å². The largest absolute Gasteiger partial charge is 0.369 e. The number of aryl methyl sites for hydroxylation is 1. The second-order valence-electron chi connectivity index (χ2n) is 7.03. The van der Waals surface area contributed by atoms with Crippen LogP contribution in [0, 0.1) is 0 Å². The lowest BCUT2D eigenvalue weighted by Crippen LogP contribution is -2.30. The number of carbonyl (C=O) groups is 1. The van der Waals surface area contributed by atoms with Crippen molar-refractivity contribution < 1.29 is 9.53 Å². The molecule has 0 N–H and O–H groups in total. The first-order chi connectivity index (χ1) is 13.0. The van der Waals surface area contributed by atoms with E-state index in [9.17, 15) is 4.79 Å². The van der Waals surface area contributed by atoms with Crippen molar-refractivity contribution in [1.29, 1.82) is 0 Å². The van der Waals surface area contributed by atoms with Crippen molar-refractivity contribution in [2.24, 2.45) is 0 Å². The van der Waals surface area contributed by atoms with Gasteiger partial charge in [0.25, 0.3) is 5.91 Å². The zero-order chi connectivity index (χ0) is 19.1.